The zero-order chi connectivity index (χ0) is 17.1. The normalized spacial score (nSPS) is 18.2. The van der Waals surface area contributed by atoms with Crippen molar-refractivity contribution in [3.63, 3.8) is 0 Å². The molecule has 1 aromatic rings. The molecular formula is C16H24F3N3O. The van der Waals surface area contributed by atoms with Gasteiger partial charge in [-0.3, -0.25) is 9.88 Å². The van der Waals surface area contributed by atoms with E-state index in [9.17, 15) is 13.2 Å². The number of halogens is 3. The van der Waals surface area contributed by atoms with Crippen molar-refractivity contribution < 1.29 is 17.9 Å². The van der Waals surface area contributed by atoms with Crippen LogP contribution in [0.4, 0.5) is 18.9 Å². The number of piperidine rings is 1. The average Bonchev–Trinajstić information content (AvgIpc) is 2.45. The molecule has 2 rings (SSSR count). The molecule has 0 spiro atoms. The number of nitrogens with zero attached hydrogens (tertiary/aromatic N) is 2. The predicted octanol–water partition coefficient (Wildman–Crippen LogP) is 3.75. The Balaban J connectivity index is 1.83. The minimum atomic E-state index is -4.41. The van der Waals surface area contributed by atoms with Crippen molar-refractivity contribution in [1.29, 1.82) is 0 Å². The van der Waals surface area contributed by atoms with Gasteiger partial charge in [-0.15, -0.1) is 0 Å². The quantitative estimate of drug-likeness (QED) is 0.912. The lowest BCUT2D eigenvalue weighted by Crippen LogP contribution is -2.41. The number of ether oxygens (including phenoxy) is 1. The molecule has 1 N–H and O–H groups in total. The van der Waals surface area contributed by atoms with Gasteiger partial charge in [-0.05, 0) is 45.7 Å². The highest BCUT2D eigenvalue weighted by Crippen LogP contribution is 2.29. The van der Waals surface area contributed by atoms with Gasteiger partial charge >= 0.3 is 6.18 Å². The second-order valence-electron chi connectivity index (χ2n) is 6.85. The summed E-state index contributed by atoms with van der Waals surface area (Å²) in [6.45, 7) is 8.37. The molecule has 0 aliphatic carbocycles. The van der Waals surface area contributed by atoms with E-state index in [0.717, 1.165) is 32.0 Å². The molecule has 0 saturated carbocycles. The molecule has 1 aliphatic rings. The van der Waals surface area contributed by atoms with E-state index in [4.69, 9.17) is 4.74 Å². The number of alkyl halides is 3. The Hall–Kier alpha value is -1.34. The summed E-state index contributed by atoms with van der Waals surface area (Å²) in [7, 11) is 0. The number of pyridine rings is 1. The molecule has 23 heavy (non-hydrogen) atoms. The van der Waals surface area contributed by atoms with Gasteiger partial charge in [0, 0.05) is 31.0 Å². The first-order valence-corrected chi connectivity index (χ1v) is 7.79. The zero-order valence-electron chi connectivity index (χ0n) is 13.8. The highest BCUT2D eigenvalue weighted by atomic mass is 19.4. The molecule has 0 amide bonds. The first kappa shape index (κ1) is 18.0. The summed E-state index contributed by atoms with van der Waals surface area (Å²) in [4.78, 5) is 5.59. The Kier molecular flexibility index (Phi) is 5.52. The monoisotopic (exact) mass is 331 g/mol. The van der Waals surface area contributed by atoms with Crippen LogP contribution in [0.5, 0.6) is 0 Å². The van der Waals surface area contributed by atoms with E-state index in [-0.39, 0.29) is 11.6 Å². The van der Waals surface area contributed by atoms with Crippen LogP contribution >= 0.6 is 0 Å². The van der Waals surface area contributed by atoms with Crippen molar-refractivity contribution >= 4 is 5.69 Å². The largest absolute Gasteiger partial charge is 0.433 e. The SMILES string of the molecule is CC(C)(C)OCN1CCC(Nc2ccnc(C(F)(F)F)c2)CC1. The van der Waals surface area contributed by atoms with Crippen LogP contribution in [0.15, 0.2) is 18.3 Å². The fourth-order valence-electron chi connectivity index (χ4n) is 2.40. The smallest absolute Gasteiger partial charge is 0.382 e. The third-order valence-electron chi connectivity index (χ3n) is 3.69. The molecule has 7 heteroatoms. The van der Waals surface area contributed by atoms with Crippen LogP contribution in [0.2, 0.25) is 0 Å². The van der Waals surface area contributed by atoms with Crippen molar-refractivity contribution in [2.24, 2.45) is 0 Å². The van der Waals surface area contributed by atoms with Gasteiger partial charge in [0.2, 0.25) is 0 Å². The van der Waals surface area contributed by atoms with E-state index in [1.54, 1.807) is 6.07 Å². The van der Waals surface area contributed by atoms with E-state index in [1.165, 1.54) is 6.20 Å². The van der Waals surface area contributed by atoms with Crippen molar-refractivity contribution in [2.45, 2.75) is 51.4 Å². The van der Waals surface area contributed by atoms with Crippen LogP contribution in [-0.4, -0.2) is 41.3 Å². The van der Waals surface area contributed by atoms with E-state index >= 15 is 0 Å². The second-order valence-corrected chi connectivity index (χ2v) is 6.85. The van der Waals surface area contributed by atoms with E-state index in [1.807, 2.05) is 20.8 Å². The molecule has 2 heterocycles. The summed E-state index contributed by atoms with van der Waals surface area (Å²) in [5, 5.41) is 3.18. The number of rotatable bonds is 4. The number of hydrogen-bond donors (Lipinski definition) is 1. The lowest BCUT2D eigenvalue weighted by Gasteiger charge is -2.34. The highest BCUT2D eigenvalue weighted by molar-refractivity contribution is 5.44. The van der Waals surface area contributed by atoms with Crippen molar-refractivity contribution in [1.82, 2.24) is 9.88 Å². The fourth-order valence-corrected chi connectivity index (χ4v) is 2.40. The standard InChI is InChI=1S/C16H24F3N3O/c1-15(2,3)23-11-22-8-5-12(6-9-22)21-13-4-7-20-14(10-13)16(17,18)19/h4,7,10,12H,5-6,8-9,11H2,1-3H3,(H,20,21). The molecular weight excluding hydrogens is 307 g/mol. The average molecular weight is 331 g/mol. The van der Waals surface area contributed by atoms with Crippen molar-refractivity contribution in [3.8, 4) is 0 Å². The van der Waals surface area contributed by atoms with Crippen molar-refractivity contribution in [2.75, 3.05) is 25.1 Å². The van der Waals surface area contributed by atoms with Gasteiger partial charge in [0.25, 0.3) is 0 Å². The maximum absolute atomic E-state index is 12.7. The topological polar surface area (TPSA) is 37.4 Å². The zero-order valence-corrected chi connectivity index (χ0v) is 13.8. The maximum Gasteiger partial charge on any atom is 0.433 e. The van der Waals surface area contributed by atoms with Gasteiger partial charge in [0.1, 0.15) is 5.69 Å². The van der Waals surface area contributed by atoms with Gasteiger partial charge in [-0.25, -0.2) is 0 Å². The van der Waals surface area contributed by atoms with Crippen LogP contribution in [0.3, 0.4) is 0 Å². The Bertz CT molecular complexity index is 506. The summed E-state index contributed by atoms with van der Waals surface area (Å²) in [6.07, 6.45) is -1.48. The van der Waals surface area contributed by atoms with Crippen LogP contribution in [0.1, 0.15) is 39.3 Å². The highest BCUT2D eigenvalue weighted by Gasteiger charge is 2.32. The first-order valence-electron chi connectivity index (χ1n) is 7.79. The predicted molar refractivity (Wildman–Crippen MR) is 83.2 cm³/mol. The third kappa shape index (κ3) is 5.99. The molecule has 1 saturated heterocycles. The number of nitrogens with one attached hydrogen (secondary N) is 1. The molecule has 0 atom stereocenters. The summed E-state index contributed by atoms with van der Waals surface area (Å²) in [5.41, 5.74) is -0.560. The lowest BCUT2D eigenvalue weighted by atomic mass is 10.1. The first-order chi connectivity index (χ1) is 10.6. The summed E-state index contributed by atoms with van der Waals surface area (Å²) >= 11 is 0. The molecule has 1 fully saturated rings. The summed E-state index contributed by atoms with van der Waals surface area (Å²) in [5.74, 6) is 0. The van der Waals surface area contributed by atoms with Crippen LogP contribution in [0.25, 0.3) is 0 Å². The number of anilines is 1. The van der Waals surface area contributed by atoms with E-state index in [0.29, 0.717) is 12.4 Å². The molecule has 0 radical (unpaired) electrons. The lowest BCUT2D eigenvalue weighted by molar-refractivity contribution is -0.141. The molecule has 1 aliphatic heterocycles. The van der Waals surface area contributed by atoms with Crippen LogP contribution in [0, 0.1) is 0 Å². The van der Waals surface area contributed by atoms with Gasteiger partial charge in [0.15, 0.2) is 0 Å². The van der Waals surface area contributed by atoms with Crippen molar-refractivity contribution in [3.05, 3.63) is 24.0 Å². The van der Waals surface area contributed by atoms with Crippen LogP contribution in [-0.2, 0) is 10.9 Å². The third-order valence-corrected chi connectivity index (χ3v) is 3.69. The van der Waals surface area contributed by atoms with E-state index < -0.39 is 11.9 Å². The van der Waals surface area contributed by atoms with Gasteiger partial charge in [-0.1, -0.05) is 0 Å². The number of likely N-dealkylation sites (tertiary alicyclic amines) is 1. The minimum Gasteiger partial charge on any atom is -0.382 e. The molecule has 1 aromatic heterocycles. The molecule has 4 nitrogen and oxygen atoms in total. The minimum absolute atomic E-state index is 0.167. The van der Waals surface area contributed by atoms with Gasteiger partial charge < -0.3 is 10.1 Å². The maximum atomic E-state index is 12.7. The Morgan fingerprint density at radius 3 is 2.48 bits per heavy atom. The Labute approximate surface area is 135 Å². The van der Waals surface area contributed by atoms with Gasteiger partial charge in [0.05, 0.1) is 12.3 Å². The molecule has 0 unspecified atom stereocenters. The van der Waals surface area contributed by atoms with E-state index in [2.05, 4.69) is 15.2 Å². The Morgan fingerprint density at radius 1 is 1.26 bits per heavy atom. The molecule has 130 valence electrons. The molecule has 0 bridgehead atoms. The number of aromatic nitrogens is 1. The number of hydrogen-bond acceptors (Lipinski definition) is 4. The van der Waals surface area contributed by atoms with Gasteiger partial charge in [-0.2, -0.15) is 13.2 Å². The summed E-state index contributed by atoms with van der Waals surface area (Å²) < 4.78 is 43.8. The second kappa shape index (κ2) is 7.05. The summed E-state index contributed by atoms with van der Waals surface area (Å²) in [6, 6.07) is 2.81. The fraction of sp³-hybridized carbons (Fsp3) is 0.688. The van der Waals surface area contributed by atoms with Crippen LogP contribution < -0.4 is 5.32 Å². The Morgan fingerprint density at radius 2 is 1.91 bits per heavy atom. The molecule has 0 aromatic carbocycles.